The van der Waals surface area contributed by atoms with Crippen LogP contribution in [0.5, 0.6) is 0 Å². The second-order valence-corrected chi connectivity index (χ2v) is 2.61. The Kier molecular flexibility index (Phi) is 1.47. The molecule has 0 bridgehead atoms. The molecule has 0 aromatic carbocycles. The molecule has 0 fully saturated rings. The SMILES string of the molecule is O=Cc1n[nH]c2c1CNCC2. The van der Waals surface area contributed by atoms with E-state index in [-0.39, 0.29) is 0 Å². The first kappa shape index (κ1) is 6.54. The van der Waals surface area contributed by atoms with Gasteiger partial charge in [0.2, 0.25) is 0 Å². The Morgan fingerprint density at radius 1 is 1.55 bits per heavy atom. The molecule has 58 valence electrons. The van der Waals surface area contributed by atoms with Crippen molar-refractivity contribution in [3.8, 4) is 0 Å². The summed E-state index contributed by atoms with van der Waals surface area (Å²) in [7, 11) is 0. The molecule has 0 radical (unpaired) electrons. The first-order chi connectivity index (χ1) is 5.42. The van der Waals surface area contributed by atoms with Crippen LogP contribution in [0.1, 0.15) is 21.7 Å². The van der Waals surface area contributed by atoms with Crippen molar-refractivity contribution >= 4 is 6.29 Å². The van der Waals surface area contributed by atoms with Crippen LogP contribution in [0.2, 0.25) is 0 Å². The highest BCUT2D eigenvalue weighted by molar-refractivity contribution is 5.74. The number of aromatic amines is 1. The normalized spacial score (nSPS) is 16.0. The third kappa shape index (κ3) is 0.952. The molecule has 2 rings (SSSR count). The van der Waals surface area contributed by atoms with Crippen LogP contribution in [0.15, 0.2) is 0 Å². The molecule has 1 aliphatic rings. The summed E-state index contributed by atoms with van der Waals surface area (Å²) in [4.78, 5) is 10.4. The van der Waals surface area contributed by atoms with E-state index in [0.717, 1.165) is 37.1 Å². The molecule has 4 heteroatoms. The van der Waals surface area contributed by atoms with Crippen LogP contribution >= 0.6 is 0 Å². The molecule has 0 amide bonds. The van der Waals surface area contributed by atoms with Gasteiger partial charge in [0.05, 0.1) is 0 Å². The van der Waals surface area contributed by atoms with Crippen molar-refractivity contribution in [3.05, 3.63) is 17.0 Å². The van der Waals surface area contributed by atoms with Crippen LogP contribution in [0.25, 0.3) is 0 Å². The van der Waals surface area contributed by atoms with E-state index >= 15 is 0 Å². The third-order valence-corrected chi connectivity index (χ3v) is 1.95. The monoisotopic (exact) mass is 151 g/mol. The molecule has 2 heterocycles. The molecular formula is C7H9N3O. The van der Waals surface area contributed by atoms with Gasteiger partial charge in [0.1, 0.15) is 5.69 Å². The summed E-state index contributed by atoms with van der Waals surface area (Å²) in [6.07, 6.45) is 1.73. The second kappa shape index (κ2) is 2.47. The number of carbonyl (C=O) groups is 1. The number of hydrogen-bond donors (Lipinski definition) is 2. The third-order valence-electron chi connectivity index (χ3n) is 1.95. The molecule has 0 atom stereocenters. The molecule has 2 N–H and O–H groups in total. The number of fused-ring (bicyclic) bond motifs is 1. The molecule has 0 unspecified atom stereocenters. The quantitative estimate of drug-likeness (QED) is 0.549. The van der Waals surface area contributed by atoms with Crippen molar-refractivity contribution in [2.24, 2.45) is 0 Å². The number of H-pyrrole nitrogens is 1. The smallest absolute Gasteiger partial charge is 0.170 e. The summed E-state index contributed by atoms with van der Waals surface area (Å²) in [5, 5.41) is 9.92. The lowest BCUT2D eigenvalue weighted by molar-refractivity contribution is 0.111. The fourth-order valence-electron chi connectivity index (χ4n) is 1.35. The van der Waals surface area contributed by atoms with Crippen molar-refractivity contribution < 1.29 is 4.79 Å². The Hall–Kier alpha value is -1.16. The summed E-state index contributed by atoms with van der Waals surface area (Å²) in [5.74, 6) is 0. The molecule has 0 saturated heterocycles. The number of nitrogens with zero attached hydrogens (tertiary/aromatic N) is 1. The molecule has 1 aliphatic heterocycles. The molecule has 0 saturated carbocycles. The molecule has 0 aliphatic carbocycles. The Labute approximate surface area is 64.0 Å². The van der Waals surface area contributed by atoms with Gasteiger partial charge in [-0.2, -0.15) is 5.10 Å². The lowest BCUT2D eigenvalue weighted by atomic mass is 10.1. The Morgan fingerprint density at radius 2 is 2.45 bits per heavy atom. The average molecular weight is 151 g/mol. The maximum Gasteiger partial charge on any atom is 0.170 e. The van der Waals surface area contributed by atoms with E-state index in [1.54, 1.807) is 0 Å². The predicted octanol–water partition coefficient (Wildman–Crippen LogP) is -0.132. The standard InChI is InChI=1S/C7H9N3O/c11-4-7-5-3-8-2-1-6(5)9-10-7/h4,8H,1-3H2,(H,9,10). The zero-order chi connectivity index (χ0) is 7.68. The number of nitrogens with one attached hydrogen (secondary N) is 2. The number of carbonyl (C=O) groups excluding carboxylic acids is 1. The van der Waals surface area contributed by atoms with Gasteiger partial charge >= 0.3 is 0 Å². The molecule has 11 heavy (non-hydrogen) atoms. The molecule has 0 spiro atoms. The van der Waals surface area contributed by atoms with Gasteiger partial charge in [0.15, 0.2) is 6.29 Å². The van der Waals surface area contributed by atoms with Crippen LogP contribution in [0.4, 0.5) is 0 Å². The Bertz CT molecular complexity index is 279. The van der Waals surface area contributed by atoms with E-state index in [1.165, 1.54) is 0 Å². The minimum atomic E-state index is 0.548. The van der Waals surface area contributed by atoms with Crippen LogP contribution in [-0.4, -0.2) is 23.0 Å². The van der Waals surface area contributed by atoms with E-state index in [0.29, 0.717) is 5.69 Å². The van der Waals surface area contributed by atoms with Crippen LogP contribution < -0.4 is 5.32 Å². The average Bonchev–Trinajstić information content (AvgIpc) is 2.47. The van der Waals surface area contributed by atoms with Crippen LogP contribution in [0.3, 0.4) is 0 Å². The number of aldehydes is 1. The summed E-state index contributed by atoms with van der Waals surface area (Å²) in [6, 6.07) is 0. The van der Waals surface area contributed by atoms with Crippen molar-refractivity contribution in [1.82, 2.24) is 15.5 Å². The maximum absolute atomic E-state index is 10.4. The summed E-state index contributed by atoms with van der Waals surface area (Å²) < 4.78 is 0. The fourth-order valence-corrected chi connectivity index (χ4v) is 1.35. The lowest BCUT2D eigenvalue weighted by Crippen LogP contribution is -2.23. The number of aromatic nitrogens is 2. The van der Waals surface area contributed by atoms with Gasteiger partial charge in [-0.15, -0.1) is 0 Å². The van der Waals surface area contributed by atoms with Gasteiger partial charge in [-0.25, -0.2) is 0 Å². The van der Waals surface area contributed by atoms with E-state index in [9.17, 15) is 4.79 Å². The Morgan fingerprint density at radius 3 is 3.27 bits per heavy atom. The predicted molar refractivity (Wildman–Crippen MR) is 39.4 cm³/mol. The van der Waals surface area contributed by atoms with Crippen molar-refractivity contribution in [1.29, 1.82) is 0 Å². The maximum atomic E-state index is 10.4. The minimum Gasteiger partial charge on any atom is -0.312 e. The van der Waals surface area contributed by atoms with E-state index in [2.05, 4.69) is 15.5 Å². The summed E-state index contributed by atoms with van der Waals surface area (Å²) in [5.41, 5.74) is 2.68. The first-order valence-corrected chi connectivity index (χ1v) is 3.64. The summed E-state index contributed by atoms with van der Waals surface area (Å²) in [6.45, 7) is 1.73. The second-order valence-electron chi connectivity index (χ2n) is 2.61. The highest BCUT2D eigenvalue weighted by Crippen LogP contribution is 2.12. The van der Waals surface area contributed by atoms with Crippen molar-refractivity contribution in [2.75, 3.05) is 6.54 Å². The van der Waals surface area contributed by atoms with E-state index in [4.69, 9.17) is 0 Å². The first-order valence-electron chi connectivity index (χ1n) is 3.64. The van der Waals surface area contributed by atoms with Gasteiger partial charge in [0.25, 0.3) is 0 Å². The molecule has 1 aromatic heterocycles. The van der Waals surface area contributed by atoms with Gasteiger partial charge in [0, 0.05) is 30.8 Å². The minimum absolute atomic E-state index is 0.548. The zero-order valence-electron chi connectivity index (χ0n) is 6.05. The molecule has 1 aromatic rings. The van der Waals surface area contributed by atoms with Crippen LogP contribution in [-0.2, 0) is 13.0 Å². The fraction of sp³-hybridized carbons (Fsp3) is 0.429. The van der Waals surface area contributed by atoms with E-state index in [1.807, 2.05) is 0 Å². The zero-order valence-corrected chi connectivity index (χ0v) is 6.05. The molecule has 4 nitrogen and oxygen atoms in total. The van der Waals surface area contributed by atoms with Gasteiger partial charge < -0.3 is 5.32 Å². The Balaban J connectivity index is 2.45. The van der Waals surface area contributed by atoms with Crippen molar-refractivity contribution in [3.63, 3.8) is 0 Å². The van der Waals surface area contributed by atoms with Crippen LogP contribution in [0, 0.1) is 0 Å². The lowest BCUT2D eigenvalue weighted by Gasteiger charge is -2.11. The number of hydrogen-bond acceptors (Lipinski definition) is 3. The summed E-state index contributed by atoms with van der Waals surface area (Å²) >= 11 is 0. The van der Waals surface area contributed by atoms with Gasteiger partial charge in [-0.3, -0.25) is 9.89 Å². The van der Waals surface area contributed by atoms with Gasteiger partial charge in [-0.05, 0) is 0 Å². The molecular weight excluding hydrogens is 142 g/mol. The highest BCUT2D eigenvalue weighted by atomic mass is 16.1. The van der Waals surface area contributed by atoms with Crippen molar-refractivity contribution in [2.45, 2.75) is 13.0 Å². The largest absolute Gasteiger partial charge is 0.312 e. The number of rotatable bonds is 1. The highest BCUT2D eigenvalue weighted by Gasteiger charge is 2.14. The topological polar surface area (TPSA) is 57.8 Å². The van der Waals surface area contributed by atoms with E-state index < -0.39 is 0 Å². The van der Waals surface area contributed by atoms with Gasteiger partial charge in [-0.1, -0.05) is 0 Å².